The zero-order chi connectivity index (χ0) is 17.9. The molecular weight excluding hydrogens is 304 g/mol. The van der Waals surface area contributed by atoms with E-state index in [9.17, 15) is 9.90 Å². The highest BCUT2D eigenvalue weighted by atomic mass is 16.5. The normalized spacial score (nSPS) is 12.8. The molecule has 1 aromatic carbocycles. The number of rotatable bonds is 8. The number of hydrogen-bond acceptors (Lipinski definition) is 4. The highest BCUT2D eigenvalue weighted by Gasteiger charge is 2.01. The number of ether oxygens (including phenoxy) is 2. The van der Waals surface area contributed by atoms with E-state index < -0.39 is 6.10 Å². The first-order valence-corrected chi connectivity index (χ1v) is 7.88. The summed E-state index contributed by atoms with van der Waals surface area (Å²) in [7, 11) is 1.35. The second-order valence-corrected chi connectivity index (χ2v) is 5.80. The first kappa shape index (κ1) is 19.7. The van der Waals surface area contributed by atoms with E-state index in [1.165, 1.54) is 13.2 Å². The van der Waals surface area contributed by atoms with Gasteiger partial charge in [-0.25, -0.2) is 4.79 Å². The topological polar surface area (TPSA) is 55.8 Å². The Morgan fingerprint density at radius 2 is 1.88 bits per heavy atom. The zero-order valence-electron chi connectivity index (χ0n) is 14.8. The molecule has 0 aliphatic heterocycles. The molecule has 4 heteroatoms. The van der Waals surface area contributed by atoms with Gasteiger partial charge in [0, 0.05) is 6.08 Å². The lowest BCUT2D eigenvalue weighted by Gasteiger charge is -2.08. The molecule has 0 aromatic heterocycles. The molecule has 0 radical (unpaired) electrons. The molecule has 130 valence electrons. The maximum atomic E-state index is 11.0. The number of aliphatic hydroxyl groups is 1. The Hall–Kier alpha value is -2.33. The molecule has 1 rings (SSSR count). The zero-order valence-corrected chi connectivity index (χ0v) is 14.8. The quantitative estimate of drug-likeness (QED) is 0.446. The third-order valence-electron chi connectivity index (χ3n) is 3.23. The van der Waals surface area contributed by atoms with Gasteiger partial charge in [-0.15, -0.1) is 0 Å². The number of methoxy groups -OCH3 is 1. The molecule has 4 nitrogen and oxygen atoms in total. The fourth-order valence-corrected chi connectivity index (χ4v) is 2.04. The summed E-state index contributed by atoms with van der Waals surface area (Å²) >= 11 is 0. The van der Waals surface area contributed by atoms with Crippen LogP contribution in [0.1, 0.15) is 32.8 Å². The van der Waals surface area contributed by atoms with Gasteiger partial charge in [0.15, 0.2) is 0 Å². The summed E-state index contributed by atoms with van der Waals surface area (Å²) in [5, 5.41) is 9.85. The van der Waals surface area contributed by atoms with Crippen molar-refractivity contribution in [3.63, 3.8) is 0 Å². The minimum Gasteiger partial charge on any atom is -0.490 e. The minimum atomic E-state index is -0.452. The van der Waals surface area contributed by atoms with Gasteiger partial charge in [0.2, 0.25) is 0 Å². The lowest BCUT2D eigenvalue weighted by atomic mass is 10.1. The number of hydrogen-bond donors (Lipinski definition) is 1. The molecule has 24 heavy (non-hydrogen) atoms. The number of aliphatic hydroxyl groups excluding tert-OH is 1. The van der Waals surface area contributed by atoms with E-state index in [0.29, 0.717) is 13.0 Å². The van der Waals surface area contributed by atoms with E-state index in [1.807, 2.05) is 57.2 Å². The lowest BCUT2D eigenvalue weighted by molar-refractivity contribution is -0.134. The number of benzene rings is 1. The van der Waals surface area contributed by atoms with Gasteiger partial charge in [-0.05, 0) is 57.0 Å². The molecule has 0 bridgehead atoms. The van der Waals surface area contributed by atoms with Crippen LogP contribution >= 0.6 is 0 Å². The summed E-state index contributed by atoms with van der Waals surface area (Å²) in [6, 6.07) is 7.42. The molecule has 0 aliphatic rings. The Bertz CT molecular complexity index is 605. The van der Waals surface area contributed by atoms with Crippen molar-refractivity contribution in [2.75, 3.05) is 13.7 Å². The van der Waals surface area contributed by atoms with Crippen molar-refractivity contribution in [3.8, 4) is 5.75 Å². The molecule has 0 amide bonds. The monoisotopic (exact) mass is 330 g/mol. The van der Waals surface area contributed by atoms with Crippen LogP contribution < -0.4 is 4.74 Å². The molecule has 0 spiro atoms. The van der Waals surface area contributed by atoms with Crippen LogP contribution in [0.5, 0.6) is 5.75 Å². The average molecular weight is 330 g/mol. The van der Waals surface area contributed by atoms with Crippen molar-refractivity contribution in [2.24, 2.45) is 0 Å². The standard InChI is InChI=1S/C20H26O4/c1-15(2)13-18(21)14-16(3)11-12-24-19-8-5-17(6-9-19)7-10-20(22)23-4/h5-11,13,18,21H,12,14H2,1-4H3/b10-7+,16-11+. The van der Waals surface area contributed by atoms with Gasteiger partial charge in [0.25, 0.3) is 0 Å². The predicted octanol–water partition coefficient (Wildman–Crippen LogP) is 3.92. The van der Waals surface area contributed by atoms with Crippen molar-refractivity contribution in [3.05, 3.63) is 59.2 Å². The van der Waals surface area contributed by atoms with Gasteiger partial charge in [-0.1, -0.05) is 29.4 Å². The van der Waals surface area contributed by atoms with Crippen LogP contribution in [0.2, 0.25) is 0 Å². The van der Waals surface area contributed by atoms with Crippen LogP contribution in [0.3, 0.4) is 0 Å². The molecule has 0 saturated carbocycles. The molecule has 0 fully saturated rings. The van der Waals surface area contributed by atoms with Gasteiger partial charge in [0.1, 0.15) is 12.4 Å². The largest absolute Gasteiger partial charge is 0.490 e. The summed E-state index contributed by atoms with van der Waals surface area (Å²) in [5.41, 5.74) is 3.08. The van der Waals surface area contributed by atoms with Crippen molar-refractivity contribution in [1.29, 1.82) is 0 Å². The molecule has 1 unspecified atom stereocenters. The van der Waals surface area contributed by atoms with Gasteiger partial charge < -0.3 is 14.6 Å². The highest BCUT2D eigenvalue weighted by Crippen LogP contribution is 2.14. The molecule has 1 aromatic rings. The van der Waals surface area contributed by atoms with Crippen LogP contribution in [0.15, 0.2) is 53.6 Å². The van der Waals surface area contributed by atoms with Gasteiger partial charge in [-0.2, -0.15) is 0 Å². The smallest absolute Gasteiger partial charge is 0.330 e. The van der Waals surface area contributed by atoms with E-state index in [4.69, 9.17) is 4.74 Å². The van der Waals surface area contributed by atoms with Gasteiger partial charge in [-0.3, -0.25) is 0 Å². The van der Waals surface area contributed by atoms with E-state index in [0.717, 1.165) is 22.5 Å². The van der Waals surface area contributed by atoms with Crippen molar-refractivity contribution in [1.82, 2.24) is 0 Å². The number of carbonyl (C=O) groups is 1. The van der Waals surface area contributed by atoms with Crippen LogP contribution in [-0.2, 0) is 9.53 Å². The van der Waals surface area contributed by atoms with Crippen molar-refractivity contribution < 1.29 is 19.4 Å². The average Bonchev–Trinajstić information content (AvgIpc) is 2.52. The van der Waals surface area contributed by atoms with Crippen molar-refractivity contribution >= 4 is 12.0 Å². The first-order valence-electron chi connectivity index (χ1n) is 7.88. The predicted molar refractivity (Wildman–Crippen MR) is 96.8 cm³/mol. The number of esters is 1. The first-order chi connectivity index (χ1) is 11.4. The highest BCUT2D eigenvalue weighted by molar-refractivity contribution is 5.86. The second kappa shape index (κ2) is 10.4. The second-order valence-electron chi connectivity index (χ2n) is 5.80. The van der Waals surface area contributed by atoms with E-state index in [-0.39, 0.29) is 5.97 Å². The summed E-state index contributed by atoms with van der Waals surface area (Å²) < 4.78 is 10.2. The molecule has 0 heterocycles. The summed E-state index contributed by atoms with van der Waals surface area (Å²) in [5.74, 6) is 0.366. The summed E-state index contributed by atoms with van der Waals surface area (Å²) in [6.45, 7) is 6.36. The lowest BCUT2D eigenvalue weighted by Crippen LogP contribution is -2.04. The number of allylic oxidation sites excluding steroid dienone is 1. The summed E-state index contributed by atoms with van der Waals surface area (Å²) in [6.07, 6.45) is 7.02. The Morgan fingerprint density at radius 3 is 2.46 bits per heavy atom. The Morgan fingerprint density at radius 1 is 1.21 bits per heavy atom. The molecular formula is C20H26O4. The summed E-state index contributed by atoms with van der Waals surface area (Å²) in [4.78, 5) is 11.0. The third-order valence-corrected chi connectivity index (χ3v) is 3.23. The van der Waals surface area contributed by atoms with Crippen molar-refractivity contribution in [2.45, 2.75) is 33.3 Å². The fourth-order valence-electron chi connectivity index (χ4n) is 2.04. The molecule has 0 aliphatic carbocycles. The van der Waals surface area contributed by atoms with Crippen LogP contribution in [0.25, 0.3) is 6.08 Å². The Kier molecular flexibility index (Phi) is 8.58. The molecule has 0 saturated heterocycles. The van der Waals surface area contributed by atoms with E-state index in [2.05, 4.69) is 4.74 Å². The molecule has 1 atom stereocenters. The fraction of sp³-hybridized carbons (Fsp3) is 0.350. The Balaban J connectivity index is 2.47. The SMILES string of the molecule is COC(=O)/C=C/c1ccc(OC/C=C(\C)CC(O)C=C(C)C)cc1. The third kappa shape index (κ3) is 8.34. The maximum absolute atomic E-state index is 11.0. The van der Waals surface area contributed by atoms with Crippen LogP contribution in [0, 0.1) is 0 Å². The van der Waals surface area contributed by atoms with Crippen LogP contribution in [0.4, 0.5) is 0 Å². The minimum absolute atomic E-state index is 0.383. The van der Waals surface area contributed by atoms with E-state index >= 15 is 0 Å². The van der Waals surface area contributed by atoms with Gasteiger partial charge in [0.05, 0.1) is 13.2 Å². The maximum Gasteiger partial charge on any atom is 0.330 e. The number of carbonyl (C=O) groups excluding carboxylic acids is 1. The van der Waals surface area contributed by atoms with E-state index in [1.54, 1.807) is 6.08 Å². The Labute approximate surface area is 144 Å². The molecule has 1 N–H and O–H groups in total. The van der Waals surface area contributed by atoms with Crippen LogP contribution in [-0.4, -0.2) is 30.9 Å². The van der Waals surface area contributed by atoms with Gasteiger partial charge >= 0.3 is 5.97 Å².